The average molecular weight is 504 g/mol. The largest absolute Gasteiger partial charge is 0.413 e. The lowest BCUT2D eigenvalue weighted by Gasteiger charge is -2.48. The van der Waals surface area contributed by atoms with E-state index in [1.54, 1.807) is 0 Å². The van der Waals surface area contributed by atoms with E-state index in [9.17, 15) is 4.79 Å². The van der Waals surface area contributed by atoms with Gasteiger partial charge in [-0.1, -0.05) is 112 Å². The molecule has 0 spiro atoms. The summed E-state index contributed by atoms with van der Waals surface area (Å²) in [5.41, 5.74) is 3.58. The predicted molar refractivity (Wildman–Crippen MR) is 150 cm³/mol. The van der Waals surface area contributed by atoms with Crippen LogP contribution in [-0.4, -0.2) is 25.7 Å². The standard InChI is InChI=1S/C30H37NO2SSi/c1-22(33-35(5,6)29(2,3)4)26-27(32)31-28(26)34-30(23-16-10-7-11-17-23,24-18-12-8-13-19-24)25-20-14-9-15-21-25/h7-22,26,28H,1-6H3,(H,31,32)/t22-,26-,28-/m1/s1. The van der Waals surface area contributed by atoms with E-state index in [0.717, 1.165) is 0 Å². The van der Waals surface area contributed by atoms with Crippen LogP contribution in [0.5, 0.6) is 0 Å². The van der Waals surface area contributed by atoms with E-state index in [0.29, 0.717) is 0 Å². The maximum atomic E-state index is 12.9. The third-order valence-corrected chi connectivity index (χ3v) is 13.8. The van der Waals surface area contributed by atoms with Gasteiger partial charge in [-0.25, -0.2) is 0 Å². The van der Waals surface area contributed by atoms with Gasteiger partial charge in [0.1, 0.15) is 0 Å². The summed E-state index contributed by atoms with van der Waals surface area (Å²) in [6.07, 6.45) is -0.151. The zero-order chi connectivity index (χ0) is 25.3. The molecule has 1 heterocycles. The van der Waals surface area contributed by atoms with E-state index in [2.05, 4.69) is 137 Å². The fourth-order valence-electron chi connectivity index (χ4n) is 4.56. The number of hydrogen-bond acceptors (Lipinski definition) is 3. The first kappa shape index (κ1) is 25.7. The third kappa shape index (κ3) is 5.00. The van der Waals surface area contributed by atoms with Gasteiger partial charge < -0.3 is 9.74 Å². The minimum atomic E-state index is -2.01. The summed E-state index contributed by atoms with van der Waals surface area (Å²) in [6.45, 7) is 13.3. The van der Waals surface area contributed by atoms with E-state index in [1.165, 1.54) is 16.7 Å². The molecular weight excluding hydrogens is 466 g/mol. The fraction of sp³-hybridized carbons (Fsp3) is 0.367. The monoisotopic (exact) mass is 503 g/mol. The highest BCUT2D eigenvalue weighted by Gasteiger charge is 2.51. The molecule has 0 aromatic heterocycles. The van der Waals surface area contributed by atoms with Gasteiger partial charge in [-0.15, -0.1) is 11.8 Å². The molecule has 1 fully saturated rings. The molecule has 1 aliphatic heterocycles. The van der Waals surface area contributed by atoms with Crippen molar-refractivity contribution in [3.8, 4) is 0 Å². The number of benzene rings is 3. The SMILES string of the molecule is C[C@@H](O[Si](C)(C)C(C)(C)C)[C@@H]1C(=O)N[C@@H]1SC(c1ccccc1)(c1ccccc1)c1ccccc1. The quantitative estimate of drug-likeness (QED) is 0.201. The molecule has 5 heteroatoms. The number of β-lactam (4-membered cyclic amide) rings is 1. The number of nitrogens with one attached hydrogen (secondary N) is 1. The second-order valence-corrected chi connectivity index (χ2v) is 17.0. The van der Waals surface area contributed by atoms with Gasteiger partial charge in [0, 0.05) is 0 Å². The van der Waals surface area contributed by atoms with Gasteiger partial charge in [-0.3, -0.25) is 4.79 Å². The Balaban J connectivity index is 1.76. The van der Waals surface area contributed by atoms with Gasteiger partial charge in [0.05, 0.1) is 22.1 Å². The Labute approximate surface area is 215 Å². The first-order valence-electron chi connectivity index (χ1n) is 12.4. The smallest absolute Gasteiger partial charge is 0.229 e. The number of carbonyl (C=O) groups excluding carboxylic acids is 1. The highest BCUT2D eigenvalue weighted by Crippen LogP contribution is 2.53. The minimum Gasteiger partial charge on any atom is -0.413 e. The van der Waals surface area contributed by atoms with Gasteiger partial charge in [-0.2, -0.15) is 0 Å². The molecule has 3 atom stereocenters. The molecule has 1 N–H and O–H groups in total. The van der Waals surface area contributed by atoms with Crippen molar-refractivity contribution in [1.82, 2.24) is 5.32 Å². The lowest BCUT2D eigenvalue weighted by atomic mass is 9.84. The van der Waals surface area contributed by atoms with Gasteiger partial charge in [-0.05, 0) is 41.7 Å². The summed E-state index contributed by atoms with van der Waals surface area (Å²) < 4.78 is 6.23. The van der Waals surface area contributed by atoms with E-state index >= 15 is 0 Å². The molecule has 3 aromatic rings. The van der Waals surface area contributed by atoms with Crippen molar-refractivity contribution in [2.24, 2.45) is 5.92 Å². The molecule has 3 aromatic carbocycles. The van der Waals surface area contributed by atoms with Gasteiger partial charge >= 0.3 is 0 Å². The van der Waals surface area contributed by atoms with Crippen LogP contribution in [0, 0.1) is 5.92 Å². The molecule has 0 unspecified atom stereocenters. The van der Waals surface area contributed by atoms with Crippen LogP contribution in [0.1, 0.15) is 44.4 Å². The lowest BCUT2D eigenvalue weighted by Crippen LogP contribution is -2.63. The van der Waals surface area contributed by atoms with Gasteiger partial charge in [0.15, 0.2) is 8.32 Å². The van der Waals surface area contributed by atoms with E-state index < -0.39 is 13.1 Å². The summed E-state index contributed by atoms with van der Waals surface area (Å²) in [5, 5.41) is 3.24. The third-order valence-electron chi connectivity index (χ3n) is 7.55. The summed E-state index contributed by atoms with van der Waals surface area (Å²) in [5.74, 6) is -0.124. The number of rotatable bonds is 8. The van der Waals surface area contributed by atoms with Crippen LogP contribution >= 0.6 is 11.8 Å². The van der Waals surface area contributed by atoms with Crippen LogP contribution in [0.15, 0.2) is 91.0 Å². The second kappa shape index (κ2) is 9.96. The molecule has 35 heavy (non-hydrogen) atoms. The van der Waals surface area contributed by atoms with Crippen LogP contribution in [-0.2, 0) is 14.0 Å². The number of hydrogen-bond donors (Lipinski definition) is 1. The van der Waals surface area contributed by atoms with Crippen LogP contribution < -0.4 is 5.32 Å². The molecule has 184 valence electrons. The molecule has 1 saturated heterocycles. The Morgan fingerprint density at radius 2 is 1.20 bits per heavy atom. The zero-order valence-electron chi connectivity index (χ0n) is 21.6. The summed E-state index contributed by atoms with van der Waals surface area (Å²) in [4.78, 5) is 12.9. The topological polar surface area (TPSA) is 38.3 Å². The van der Waals surface area contributed by atoms with Crippen molar-refractivity contribution in [3.63, 3.8) is 0 Å². The van der Waals surface area contributed by atoms with Crippen LogP contribution in [0.25, 0.3) is 0 Å². The van der Waals surface area contributed by atoms with Crippen molar-refractivity contribution >= 4 is 26.0 Å². The maximum Gasteiger partial charge on any atom is 0.229 e. The zero-order valence-corrected chi connectivity index (χ0v) is 23.4. The van der Waals surface area contributed by atoms with Crippen molar-refractivity contribution in [2.45, 2.75) is 62.1 Å². The molecular formula is C30H37NO2SSi. The highest BCUT2D eigenvalue weighted by molar-refractivity contribution is 8.01. The average Bonchev–Trinajstić information content (AvgIpc) is 2.82. The molecule has 0 radical (unpaired) electrons. The molecule has 0 bridgehead atoms. The Kier molecular flexibility index (Phi) is 7.32. The number of thioether (sulfide) groups is 1. The molecule has 3 nitrogen and oxygen atoms in total. The summed E-state index contributed by atoms with van der Waals surface area (Å²) in [7, 11) is -2.01. The fourth-order valence-corrected chi connectivity index (χ4v) is 7.85. The van der Waals surface area contributed by atoms with Crippen molar-refractivity contribution in [2.75, 3.05) is 0 Å². The van der Waals surface area contributed by atoms with Crippen LogP contribution in [0.2, 0.25) is 18.1 Å². The molecule has 0 aliphatic carbocycles. The minimum absolute atomic E-state index is 0.0668. The van der Waals surface area contributed by atoms with Gasteiger partial charge in [0.25, 0.3) is 0 Å². The lowest BCUT2D eigenvalue weighted by molar-refractivity contribution is -0.136. The van der Waals surface area contributed by atoms with Crippen LogP contribution in [0.3, 0.4) is 0 Å². The van der Waals surface area contributed by atoms with E-state index in [1.807, 2.05) is 11.8 Å². The highest BCUT2D eigenvalue weighted by atomic mass is 32.2. The Morgan fingerprint density at radius 1 is 0.800 bits per heavy atom. The molecule has 1 amide bonds. The van der Waals surface area contributed by atoms with E-state index in [-0.39, 0.29) is 28.3 Å². The van der Waals surface area contributed by atoms with Crippen molar-refractivity contribution in [3.05, 3.63) is 108 Å². The number of amides is 1. The summed E-state index contributed by atoms with van der Waals surface area (Å²) >= 11 is 1.82. The van der Waals surface area contributed by atoms with Crippen LogP contribution in [0.4, 0.5) is 0 Å². The summed E-state index contributed by atoms with van der Waals surface area (Å²) in [6, 6.07) is 31.9. The molecule has 1 aliphatic rings. The number of carbonyl (C=O) groups is 1. The second-order valence-electron chi connectivity index (χ2n) is 10.9. The van der Waals surface area contributed by atoms with Crippen molar-refractivity contribution < 1.29 is 9.22 Å². The first-order chi connectivity index (χ1) is 16.6. The maximum absolute atomic E-state index is 12.9. The Bertz CT molecular complexity index is 1030. The predicted octanol–water partition coefficient (Wildman–Crippen LogP) is 7.19. The Hall–Kier alpha value is -2.34. The van der Waals surface area contributed by atoms with Gasteiger partial charge in [0.2, 0.25) is 5.91 Å². The first-order valence-corrected chi connectivity index (χ1v) is 16.2. The molecule has 0 saturated carbocycles. The molecule has 4 rings (SSSR count). The normalized spacial score (nSPS) is 19.5. The van der Waals surface area contributed by atoms with Crippen molar-refractivity contribution in [1.29, 1.82) is 0 Å². The van der Waals surface area contributed by atoms with E-state index in [4.69, 9.17) is 4.43 Å². The Morgan fingerprint density at radius 3 is 1.54 bits per heavy atom.